The van der Waals surface area contributed by atoms with E-state index < -0.39 is 17.7 Å². The highest BCUT2D eigenvalue weighted by Crippen LogP contribution is 2.42. The fraction of sp³-hybridized carbons (Fsp3) is 0.208. The van der Waals surface area contributed by atoms with Gasteiger partial charge in [-0.15, -0.1) is 0 Å². The molecule has 0 bridgehead atoms. The number of nitrogens with zero attached hydrogens (tertiary/aromatic N) is 2. The number of halogens is 1. The lowest BCUT2D eigenvalue weighted by Crippen LogP contribution is -2.29. The number of Topliss-reactive ketones (excluding diaryl/α,β-unsaturated/α-hetero) is 1. The van der Waals surface area contributed by atoms with Crippen LogP contribution in [0.15, 0.2) is 75.2 Å². The van der Waals surface area contributed by atoms with E-state index in [-0.39, 0.29) is 22.6 Å². The van der Waals surface area contributed by atoms with Crippen molar-refractivity contribution >= 4 is 39.2 Å². The second-order valence-corrected chi connectivity index (χ2v) is 9.30. The van der Waals surface area contributed by atoms with Gasteiger partial charge in [0.05, 0.1) is 11.6 Å². The minimum absolute atomic E-state index is 0.0128. The molecule has 0 aliphatic carbocycles. The molecule has 1 aromatic heterocycles. The molecule has 1 fully saturated rings. The number of anilines is 1. The SMILES string of the molecule is CC(C)(C)c1cc(N2C(=O)C(=O)/C(=C(/O)c3ccc(Br)cc3)[C@@H]2c2ccccc2)no1. The van der Waals surface area contributed by atoms with Gasteiger partial charge >= 0.3 is 5.91 Å². The molecule has 7 heteroatoms. The third-order valence-corrected chi connectivity index (χ3v) is 5.69. The van der Waals surface area contributed by atoms with Gasteiger partial charge in [0.15, 0.2) is 5.82 Å². The van der Waals surface area contributed by atoms with Crippen LogP contribution in [0.4, 0.5) is 5.82 Å². The molecule has 1 aliphatic rings. The number of amides is 1. The molecule has 0 radical (unpaired) electrons. The number of hydrogen-bond acceptors (Lipinski definition) is 5. The average molecular weight is 481 g/mol. The summed E-state index contributed by atoms with van der Waals surface area (Å²) in [6, 6.07) is 16.8. The van der Waals surface area contributed by atoms with Gasteiger partial charge in [-0.3, -0.25) is 14.5 Å². The summed E-state index contributed by atoms with van der Waals surface area (Å²) in [5.74, 6) is -0.947. The van der Waals surface area contributed by atoms with Gasteiger partial charge in [0.2, 0.25) is 0 Å². The number of aliphatic hydroxyl groups excluding tert-OH is 1. The van der Waals surface area contributed by atoms with Gasteiger partial charge < -0.3 is 9.63 Å². The lowest BCUT2D eigenvalue weighted by Gasteiger charge is -2.22. The van der Waals surface area contributed by atoms with Crippen LogP contribution in [0, 0.1) is 0 Å². The topological polar surface area (TPSA) is 83.6 Å². The molecule has 158 valence electrons. The third-order valence-electron chi connectivity index (χ3n) is 5.16. The molecule has 0 unspecified atom stereocenters. The Morgan fingerprint density at radius 2 is 1.71 bits per heavy atom. The highest BCUT2D eigenvalue weighted by atomic mass is 79.9. The maximum atomic E-state index is 13.1. The highest BCUT2D eigenvalue weighted by Gasteiger charge is 2.48. The Balaban J connectivity index is 1.91. The van der Waals surface area contributed by atoms with E-state index in [1.165, 1.54) is 4.90 Å². The minimum Gasteiger partial charge on any atom is -0.507 e. The number of aromatic nitrogens is 1. The van der Waals surface area contributed by atoms with Crippen molar-refractivity contribution in [1.82, 2.24) is 5.16 Å². The number of carbonyl (C=O) groups is 2. The second kappa shape index (κ2) is 7.81. The smallest absolute Gasteiger partial charge is 0.301 e. The van der Waals surface area contributed by atoms with Crippen molar-refractivity contribution in [2.24, 2.45) is 0 Å². The van der Waals surface area contributed by atoms with Crippen molar-refractivity contribution in [3.8, 4) is 0 Å². The van der Waals surface area contributed by atoms with Gasteiger partial charge in [0, 0.05) is 21.5 Å². The van der Waals surface area contributed by atoms with Crippen molar-refractivity contribution in [3.63, 3.8) is 0 Å². The van der Waals surface area contributed by atoms with Gasteiger partial charge in [-0.25, -0.2) is 0 Å². The molecule has 1 saturated heterocycles. The van der Waals surface area contributed by atoms with E-state index in [4.69, 9.17) is 4.52 Å². The molecule has 2 aromatic carbocycles. The van der Waals surface area contributed by atoms with Crippen LogP contribution in [-0.4, -0.2) is 22.0 Å². The van der Waals surface area contributed by atoms with Crippen LogP contribution in [0.25, 0.3) is 5.76 Å². The van der Waals surface area contributed by atoms with Gasteiger partial charge in [-0.05, 0) is 17.7 Å². The number of rotatable bonds is 3. The zero-order valence-electron chi connectivity index (χ0n) is 17.3. The first kappa shape index (κ1) is 21.1. The Morgan fingerprint density at radius 3 is 2.29 bits per heavy atom. The lowest BCUT2D eigenvalue weighted by atomic mass is 9.93. The van der Waals surface area contributed by atoms with Crippen LogP contribution in [0.5, 0.6) is 0 Å². The zero-order valence-corrected chi connectivity index (χ0v) is 18.9. The maximum Gasteiger partial charge on any atom is 0.301 e. The summed E-state index contributed by atoms with van der Waals surface area (Å²) >= 11 is 3.36. The Hall–Kier alpha value is -3.19. The summed E-state index contributed by atoms with van der Waals surface area (Å²) in [5.41, 5.74) is 0.815. The monoisotopic (exact) mass is 480 g/mol. The van der Waals surface area contributed by atoms with Crippen molar-refractivity contribution in [2.45, 2.75) is 32.2 Å². The summed E-state index contributed by atoms with van der Waals surface area (Å²) in [5, 5.41) is 15.1. The number of aliphatic hydroxyl groups is 1. The Kier molecular flexibility index (Phi) is 5.31. The van der Waals surface area contributed by atoms with Gasteiger partial charge in [0.25, 0.3) is 5.78 Å². The van der Waals surface area contributed by atoms with Crippen LogP contribution < -0.4 is 4.90 Å². The number of ketones is 1. The Morgan fingerprint density at radius 1 is 1.06 bits per heavy atom. The molecular weight excluding hydrogens is 460 g/mol. The predicted molar refractivity (Wildman–Crippen MR) is 121 cm³/mol. The quantitative estimate of drug-likeness (QED) is 0.309. The summed E-state index contributed by atoms with van der Waals surface area (Å²) < 4.78 is 6.30. The van der Waals surface area contributed by atoms with E-state index in [1.54, 1.807) is 30.3 Å². The van der Waals surface area contributed by atoms with Gasteiger partial charge in [-0.1, -0.05) is 84.3 Å². The Labute approximate surface area is 188 Å². The molecule has 6 nitrogen and oxygen atoms in total. The normalized spacial score (nSPS) is 18.6. The van der Waals surface area contributed by atoms with Crippen LogP contribution in [-0.2, 0) is 15.0 Å². The number of hydrogen-bond donors (Lipinski definition) is 1. The fourth-order valence-corrected chi connectivity index (χ4v) is 3.78. The molecule has 1 amide bonds. The van der Waals surface area contributed by atoms with E-state index in [0.717, 1.165) is 4.47 Å². The second-order valence-electron chi connectivity index (χ2n) is 8.39. The molecule has 3 aromatic rings. The van der Waals surface area contributed by atoms with Crippen LogP contribution in [0.1, 0.15) is 43.7 Å². The number of benzene rings is 2. The first-order valence-corrected chi connectivity index (χ1v) is 10.6. The first-order valence-electron chi connectivity index (χ1n) is 9.77. The first-order chi connectivity index (χ1) is 14.7. The predicted octanol–water partition coefficient (Wildman–Crippen LogP) is 5.36. The van der Waals surface area contributed by atoms with Crippen LogP contribution in [0.2, 0.25) is 0 Å². The van der Waals surface area contributed by atoms with Gasteiger partial charge in [-0.2, -0.15) is 0 Å². The van der Waals surface area contributed by atoms with Crippen molar-refractivity contribution in [1.29, 1.82) is 0 Å². The zero-order chi connectivity index (χ0) is 22.3. The van der Waals surface area contributed by atoms with Gasteiger partial charge in [0.1, 0.15) is 11.5 Å². The van der Waals surface area contributed by atoms with E-state index in [9.17, 15) is 14.7 Å². The summed E-state index contributed by atoms with van der Waals surface area (Å²) in [6.45, 7) is 5.90. The lowest BCUT2D eigenvalue weighted by molar-refractivity contribution is -0.132. The molecule has 31 heavy (non-hydrogen) atoms. The fourth-order valence-electron chi connectivity index (χ4n) is 3.52. The van der Waals surface area contributed by atoms with Crippen LogP contribution >= 0.6 is 15.9 Å². The van der Waals surface area contributed by atoms with Crippen molar-refractivity contribution in [2.75, 3.05) is 4.90 Å². The van der Waals surface area contributed by atoms with Crippen molar-refractivity contribution < 1.29 is 19.2 Å². The molecule has 0 saturated carbocycles. The van der Waals surface area contributed by atoms with E-state index in [1.807, 2.05) is 51.1 Å². The average Bonchev–Trinajstić information content (AvgIpc) is 3.32. The summed E-state index contributed by atoms with van der Waals surface area (Å²) in [7, 11) is 0. The maximum absolute atomic E-state index is 13.1. The summed E-state index contributed by atoms with van der Waals surface area (Å²) in [6.07, 6.45) is 0. The highest BCUT2D eigenvalue weighted by molar-refractivity contribution is 9.10. The molecule has 2 heterocycles. The largest absolute Gasteiger partial charge is 0.507 e. The van der Waals surface area contributed by atoms with E-state index in [0.29, 0.717) is 16.9 Å². The Bertz CT molecular complexity index is 1170. The number of carbonyl (C=O) groups excluding carboxylic acids is 2. The van der Waals surface area contributed by atoms with E-state index in [2.05, 4.69) is 21.1 Å². The molecule has 1 N–H and O–H groups in total. The molecule has 1 atom stereocenters. The minimum atomic E-state index is -0.831. The molecule has 1 aliphatic heterocycles. The molecule has 0 spiro atoms. The molecule has 4 rings (SSSR count). The summed E-state index contributed by atoms with van der Waals surface area (Å²) in [4.78, 5) is 27.5. The molecular formula is C24H21BrN2O4. The van der Waals surface area contributed by atoms with E-state index >= 15 is 0 Å². The van der Waals surface area contributed by atoms with Crippen molar-refractivity contribution in [3.05, 3.63) is 87.6 Å². The third kappa shape index (κ3) is 3.81. The standard InChI is InChI=1S/C24H21BrN2O4/c1-24(2,3)17-13-18(26-31-17)27-20(14-7-5-4-6-8-14)19(22(29)23(27)30)21(28)15-9-11-16(25)12-10-15/h4-13,20,28H,1-3H3/b21-19+/t20-/m0/s1. The van der Waals surface area contributed by atoms with Crippen LogP contribution in [0.3, 0.4) is 0 Å².